The lowest BCUT2D eigenvalue weighted by molar-refractivity contribution is -0.385. The normalized spacial score (nSPS) is 10.2. The average Bonchev–Trinajstić information content (AvgIpc) is 2.41. The molecule has 7 heteroatoms. The maximum absolute atomic E-state index is 10.6. The van der Waals surface area contributed by atoms with Crippen molar-refractivity contribution in [3.05, 3.63) is 57.2 Å². The van der Waals surface area contributed by atoms with E-state index in [1.165, 1.54) is 0 Å². The van der Waals surface area contributed by atoms with E-state index in [1.54, 1.807) is 24.3 Å². The molecule has 6 nitrogen and oxygen atoms in total. The van der Waals surface area contributed by atoms with Gasteiger partial charge in [-0.15, -0.1) is 0 Å². The second-order valence-corrected chi connectivity index (χ2v) is 4.01. The van der Waals surface area contributed by atoms with Crippen molar-refractivity contribution in [2.24, 2.45) is 0 Å². The topological polar surface area (TPSA) is 85.5 Å². The van der Waals surface area contributed by atoms with Crippen molar-refractivity contribution < 1.29 is 14.8 Å². The molecule has 2 rings (SSSR count). The standard InChI is InChI=1S/C12H9ClN2O4/c13-10-5-9(15(17)18)6-14-12(10)19-11-4-2-1-3-8(11)7-16/h1-6,16H,7H2. The lowest BCUT2D eigenvalue weighted by Gasteiger charge is -2.09. The maximum Gasteiger partial charge on any atom is 0.289 e. The molecule has 1 aromatic heterocycles. The number of rotatable bonds is 4. The third-order valence-electron chi connectivity index (χ3n) is 2.35. The maximum atomic E-state index is 10.6. The van der Waals surface area contributed by atoms with Gasteiger partial charge in [0.2, 0.25) is 5.88 Å². The Labute approximate surface area is 113 Å². The van der Waals surface area contributed by atoms with Crippen LogP contribution in [-0.2, 0) is 6.61 Å². The minimum absolute atomic E-state index is 0.0296. The van der Waals surface area contributed by atoms with Crippen molar-refractivity contribution in [3.63, 3.8) is 0 Å². The number of halogens is 1. The first-order chi connectivity index (χ1) is 9.11. The summed E-state index contributed by atoms with van der Waals surface area (Å²) in [6, 6.07) is 7.97. The minimum Gasteiger partial charge on any atom is -0.437 e. The van der Waals surface area contributed by atoms with E-state index < -0.39 is 4.92 Å². The summed E-state index contributed by atoms with van der Waals surface area (Å²) in [4.78, 5) is 13.8. The summed E-state index contributed by atoms with van der Waals surface area (Å²) in [5, 5.41) is 19.7. The Kier molecular flexibility index (Phi) is 3.94. The molecule has 19 heavy (non-hydrogen) atoms. The summed E-state index contributed by atoms with van der Waals surface area (Å²) >= 11 is 5.86. The monoisotopic (exact) mass is 280 g/mol. The van der Waals surface area contributed by atoms with Gasteiger partial charge in [-0.3, -0.25) is 10.1 Å². The van der Waals surface area contributed by atoms with Crippen LogP contribution in [0.5, 0.6) is 11.6 Å². The first-order valence-electron chi connectivity index (χ1n) is 5.28. The second kappa shape index (κ2) is 5.64. The first kappa shape index (κ1) is 13.3. The van der Waals surface area contributed by atoms with Crippen LogP contribution in [0.4, 0.5) is 5.69 Å². The summed E-state index contributed by atoms with van der Waals surface area (Å²) in [7, 11) is 0. The van der Waals surface area contributed by atoms with E-state index in [0.717, 1.165) is 12.3 Å². The fourth-order valence-corrected chi connectivity index (χ4v) is 1.63. The van der Waals surface area contributed by atoms with E-state index in [9.17, 15) is 10.1 Å². The van der Waals surface area contributed by atoms with Crippen molar-refractivity contribution in [2.45, 2.75) is 6.61 Å². The van der Waals surface area contributed by atoms with Gasteiger partial charge in [-0.1, -0.05) is 29.8 Å². The second-order valence-electron chi connectivity index (χ2n) is 3.61. The molecule has 1 N–H and O–H groups in total. The lowest BCUT2D eigenvalue weighted by atomic mass is 10.2. The quantitative estimate of drug-likeness (QED) is 0.687. The Morgan fingerprint density at radius 1 is 1.42 bits per heavy atom. The number of aromatic nitrogens is 1. The molecule has 0 unspecified atom stereocenters. The minimum atomic E-state index is -0.593. The molecule has 0 aliphatic heterocycles. The third kappa shape index (κ3) is 2.98. The van der Waals surface area contributed by atoms with Crippen molar-refractivity contribution in [1.82, 2.24) is 4.98 Å². The molecule has 0 atom stereocenters. The van der Waals surface area contributed by atoms with Gasteiger partial charge in [0.1, 0.15) is 17.0 Å². The zero-order valence-electron chi connectivity index (χ0n) is 9.62. The fourth-order valence-electron chi connectivity index (χ4n) is 1.43. The van der Waals surface area contributed by atoms with Gasteiger partial charge in [0.05, 0.1) is 11.5 Å². The number of pyridine rings is 1. The number of aliphatic hydroxyl groups excluding tert-OH is 1. The van der Waals surface area contributed by atoms with Crippen LogP contribution in [-0.4, -0.2) is 15.0 Å². The smallest absolute Gasteiger partial charge is 0.289 e. The molecule has 1 heterocycles. The summed E-state index contributed by atoms with van der Waals surface area (Å²) in [5.41, 5.74) is 0.353. The molecule has 0 fully saturated rings. The highest BCUT2D eigenvalue weighted by molar-refractivity contribution is 6.32. The van der Waals surface area contributed by atoms with Crippen LogP contribution in [0.3, 0.4) is 0 Å². The van der Waals surface area contributed by atoms with Crippen LogP contribution in [0.25, 0.3) is 0 Å². The Morgan fingerprint density at radius 3 is 2.79 bits per heavy atom. The van der Waals surface area contributed by atoms with Crippen LogP contribution in [0.2, 0.25) is 5.02 Å². The molecule has 0 radical (unpaired) electrons. The van der Waals surface area contributed by atoms with E-state index >= 15 is 0 Å². The Balaban J connectivity index is 2.31. The predicted octanol–water partition coefficient (Wildman–Crippen LogP) is 2.93. The number of aliphatic hydroxyl groups is 1. The Bertz CT molecular complexity index is 618. The van der Waals surface area contributed by atoms with Gasteiger partial charge in [-0.2, -0.15) is 0 Å². The fraction of sp³-hybridized carbons (Fsp3) is 0.0833. The molecule has 2 aromatic rings. The highest BCUT2D eigenvalue weighted by Crippen LogP contribution is 2.31. The molecule has 1 aromatic carbocycles. The van der Waals surface area contributed by atoms with Crippen LogP contribution >= 0.6 is 11.6 Å². The van der Waals surface area contributed by atoms with Crippen molar-refractivity contribution in [2.75, 3.05) is 0 Å². The molecule has 0 amide bonds. The van der Waals surface area contributed by atoms with E-state index in [-0.39, 0.29) is 23.2 Å². The third-order valence-corrected chi connectivity index (χ3v) is 2.62. The zero-order chi connectivity index (χ0) is 13.8. The molecule has 0 bridgehead atoms. The van der Waals surface area contributed by atoms with Gasteiger partial charge in [0.15, 0.2) is 0 Å². The van der Waals surface area contributed by atoms with E-state index in [2.05, 4.69) is 4.98 Å². The number of para-hydroxylation sites is 1. The van der Waals surface area contributed by atoms with E-state index in [1.807, 2.05) is 0 Å². The number of hydrogen-bond acceptors (Lipinski definition) is 5. The van der Waals surface area contributed by atoms with E-state index in [4.69, 9.17) is 21.4 Å². The van der Waals surface area contributed by atoms with Gasteiger partial charge in [-0.25, -0.2) is 4.98 Å². The molecular weight excluding hydrogens is 272 g/mol. The number of ether oxygens (including phenoxy) is 1. The van der Waals surface area contributed by atoms with Crippen molar-refractivity contribution in [3.8, 4) is 11.6 Å². The van der Waals surface area contributed by atoms with Gasteiger partial charge in [-0.05, 0) is 6.07 Å². The average molecular weight is 281 g/mol. The zero-order valence-corrected chi connectivity index (χ0v) is 10.4. The van der Waals surface area contributed by atoms with Crippen LogP contribution in [0.15, 0.2) is 36.5 Å². The highest BCUT2D eigenvalue weighted by Gasteiger charge is 2.13. The molecular formula is C12H9ClN2O4. The summed E-state index contributed by atoms with van der Waals surface area (Å²) < 4.78 is 5.44. The van der Waals surface area contributed by atoms with Crippen molar-refractivity contribution >= 4 is 17.3 Å². The number of hydrogen-bond donors (Lipinski definition) is 1. The van der Waals surface area contributed by atoms with Gasteiger partial charge in [0, 0.05) is 11.6 Å². The first-order valence-corrected chi connectivity index (χ1v) is 5.66. The van der Waals surface area contributed by atoms with Crippen LogP contribution < -0.4 is 4.74 Å². The lowest BCUT2D eigenvalue weighted by Crippen LogP contribution is -1.95. The predicted molar refractivity (Wildman–Crippen MR) is 68.3 cm³/mol. The molecule has 0 aliphatic carbocycles. The Hall–Kier alpha value is -2.18. The molecule has 0 saturated carbocycles. The van der Waals surface area contributed by atoms with E-state index in [0.29, 0.717) is 11.3 Å². The molecule has 98 valence electrons. The SMILES string of the molecule is O=[N+]([O-])c1cnc(Oc2ccccc2CO)c(Cl)c1. The van der Waals surface area contributed by atoms with Crippen LogP contribution in [0, 0.1) is 10.1 Å². The molecule has 0 aliphatic rings. The van der Waals surface area contributed by atoms with Crippen molar-refractivity contribution in [1.29, 1.82) is 0 Å². The number of benzene rings is 1. The summed E-state index contributed by atoms with van der Waals surface area (Å²) in [6.07, 6.45) is 1.06. The summed E-state index contributed by atoms with van der Waals surface area (Å²) in [6.45, 7) is -0.194. The number of nitrogens with zero attached hydrogens (tertiary/aromatic N) is 2. The van der Waals surface area contributed by atoms with Gasteiger partial charge >= 0.3 is 0 Å². The van der Waals surface area contributed by atoms with Crippen LogP contribution in [0.1, 0.15) is 5.56 Å². The Morgan fingerprint density at radius 2 is 2.16 bits per heavy atom. The molecule has 0 spiro atoms. The molecule has 0 saturated heterocycles. The van der Waals surface area contributed by atoms with Gasteiger partial charge in [0.25, 0.3) is 5.69 Å². The van der Waals surface area contributed by atoms with Gasteiger partial charge < -0.3 is 9.84 Å². The number of nitro groups is 1. The largest absolute Gasteiger partial charge is 0.437 e. The summed E-state index contributed by atoms with van der Waals surface area (Å²) in [5.74, 6) is 0.446. The highest BCUT2D eigenvalue weighted by atomic mass is 35.5.